The highest BCUT2D eigenvalue weighted by atomic mass is 19.1. The lowest BCUT2D eigenvalue weighted by Gasteiger charge is -2.29. The molecule has 1 saturated heterocycles. The van der Waals surface area contributed by atoms with E-state index in [1.165, 1.54) is 12.1 Å². The van der Waals surface area contributed by atoms with Crippen LogP contribution in [-0.2, 0) is 19.0 Å². The molecular formula is C24H33FN3O7+. The van der Waals surface area contributed by atoms with Crippen LogP contribution in [0.1, 0.15) is 47.1 Å². The van der Waals surface area contributed by atoms with Crippen LogP contribution in [0.15, 0.2) is 24.3 Å². The van der Waals surface area contributed by atoms with Gasteiger partial charge in [-0.25, -0.2) is 23.7 Å². The van der Waals surface area contributed by atoms with E-state index in [4.69, 9.17) is 19.0 Å². The van der Waals surface area contributed by atoms with Crippen LogP contribution >= 0.6 is 0 Å². The van der Waals surface area contributed by atoms with Crippen molar-refractivity contribution in [3.8, 4) is 0 Å². The summed E-state index contributed by atoms with van der Waals surface area (Å²) in [7, 11) is 0. The van der Waals surface area contributed by atoms with Gasteiger partial charge in [0.25, 0.3) is 4.92 Å². The molecule has 2 aliphatic rings. The lowest BCUT2D eigenvalue weighted by molar-refractivity contribution is -0.736. The number of morpholine rings is 1. The van der Waals surface area contributed by atoms with Crippen molar-refractivity contribution in [2.24, 2.45) is 0 Å². The summed E-state index contributed by atoms with van der Waals surface area (Å²) in [4.78, 5) is 46.1. The molecule has 11 heteroatoms. The molecule has 0 aliphatic carbocycles. The highest BCUT2D eigenvalue weighted by Crippen LogP contribution is 2.29. The van der Waals surface area contributed by atoms with E-state index in [9.17, 15) is 18.9 Å². The maximum atomic E-state index is 14.8. The number of rotatable bonds is 4. The average molecular weight is 495 g/mol. The smallest absolute Gasteiger partial charge is 0.419 e. The average Bonchev–Trinajstić information content (AvgIpc) is 3.10. The molecule has 1 aromatic rings. The highest BCUT2D eigenvalue weighted by Gasteiger charge is 2.41. The Morgan fingerprint density at radius 3 is 2.17 bits per heavy atom. The first kappa shape index (κ1) is 26.4. The van der Waals surface area contributed by atoms with Gasteiger partial charge in [0.2, 0.25) is 6.10 Å². The summed E-state index contributed by atoms with van der Waals surface area (Å²) in [5, 5.41) is 0. The van der Waals surface area contributed by atoms with Gasteiger partial charge in [0.1, 0.15) is 17.0 Å². The maximum absolute atomic E-state index is 14.8. The van der Waals surface area contributed by atoms with E-state index < -0.39 is 35.3 Å². The second kappa shape index (κ2) is 10.2. The number of halogens is 1. The number of hydrogen-bond acceptors (Lipinski definition) is 8. The summed E-state index contributed by atoms with van der Waals surface area (Å²) in [6, 6.07) is 4.48. The molecule has 35 heavy (non-hydrogen) atoms. The number of carbonyl (C=O) groups excluding carboxylic acids is 2. The molecule has 2 aliphatic heterocycles. The molecule has 0 bridgehead atoms. The minimum Gasteiger partial charge on any atom is -0.443 e. The first-order valence-electron chi connectivity index (χ1n) is 11.5. The Morgan fingerprint density at radius 1 is 1.09 bits per heavy atom. The maximum Gasteiger partial charge on any atom is 0.419 e. The lowest BCUT2D eigenvalue weighted by Crippen LogP contribution is -2.46. The van der Waals surface area contributed by atoms with Gasteiger partial charge in [0, 0.05) is 19.2 Å². The second-order valence-corrected chi connectivity index (χ2v) is 10.3. The summed E-state index contributed by atoms with van der Waals surface area (Å²) < 4.78 is 30.8. The van der Waals surface area contributed by atoms with Gasteiger partial charge in [0.15, 0.2) is 0 Å². The Kier molecular flexibility index (Phi) is 7.68. The highest BCUT2D eigenvalue weighted by molar-refractivity contribution is 5.88. The number of amides is 2. The zero-order valence-electron chi connectivity index (χ0n) is 21.0. The van der Waals surface area contributed by atoms with Crippen LogP contribution in [0.2, 0.25) is 0 Å². The van der Waals surface area contributed by atoms with Gasteiger partial charge in [-0.3, -0.25) is 0 Å². The fourth-order valence-corrected chi connectivity index (χ4v) is 3.50. The Morgan fingerprint density at radius 2 is 1.66 bits per heavy atom. The zero-order chi connectivity index (χ0) is 26.0. The first-order chi connectivity index (χ1) is 16.2. The van der Waals surface area contributed by atoms with E-state index in [1.54, 1.807) is 53.7 Å². The summed E-state index contributed by atoms with van der Waals surface area (Å²) in [5.74, 6) is -0.480. The van der Waals surface area contributed by atoms with Crippen molar-refractivity contribution in [1.82, 2.24) is 4.90 Å². The molecule has 192 valence electrons. The lowest BCUT2D eigenvalue weighted by atomic mass is 10.1. The predicted octanol–water partition coefficient (Wildman–Crippen LogP) is 4.27. The monoisotopic (exact) mass is 494 g/mol. The van der Waals surface area contributed by atoms with Gasteiger partial charge in [0.05, 0.1) is 35.9 Å². The molecule has 0 aromatic heterocycles. The normalized spacial score (nSPS) is 18.6. The van der Waals surface area contributed by atoms with Gasteiger partial charge in [-0.15, -0.1) is 0 Å². The van der Waals surface area contributed by atoms with Gasteiger partial charge in [-0.05, 0) is 59.7 Å². The fraction of sp³-hybridized carbons (Fsp3) is 0.583. The van der Waals surface area contributed by atoms with Crippen molar-refractivity contribution in [2.45, 2.75) is 58.8 Å². The Bertz CT molecular complexity index is 979. The third-order valence-corrected chi connectivity index (χ3v) is 4.96. The third-order valence-electron chi connectivity index (χ3n) is 4.96. The van der Waals surface area contributed by atoms with Crippen LogP contribution in [0.4, 0.5) is 19.7 Å². The molecule has 0 radical (unpaired) electrons. The topological polar surface area (TPSA) is 97.6 Å². The number of anilines is 1. The molecule has 2 amide bonds. The third kappa shape index (κ3) is 7.14. The molecule has 0 spiro atoms. The molecule has 1 atom stereocenters. The van der Waals surface area contributed by atoms with E-state index in [2.05, 4.69) is 0 Å². The van der Waals surface area contributed by atoms with Crippen molar-refractivity contribution in [2.75, 3.05) is 37.7 Å². The van der Waals surface area contributed by atoms with Crippen molar-refractivity contribution in [1.29, 1.82) is 0 Å². The number of imide groups is 1. The summed E-state index contributed by atoms with van der Waals surface area (Å²) >= 11 is 0. The van der Waals surface area contributed by atoms with Crippen molar-refractivity contribution in [3.05, 3.63) is 40.6 Å². The quantitative estimate of drug-likeness (QED) is 0.612. The number of hydrogen-bond donors (Lipinski definition) is 0. The van der Waals surface area contributed by atoms with E-state index in [-0.39, 0.29) is 17.2 Å². The SMILES string of the molecule is CC(C)(C)OC(=O)N(C[C@@H]1C=C(c2ccc(N3CCOCC3)c(F)c2)[N+](=O)O1)C(=O)OC(C)(C)C. The molecule has 3 rings (SSSR count). The van der Waals surface area contributed by atoms with E-state index in [1.807, 2.05) is 4.90 Å². The summed E-state index contributed by atoms with van der Waals surface area (Å²) in [5.41, 5.74) is -0.932. The van der Waals surface area contributed by atoms with Crippen LogP contribution in [0, 0.1) is 10.7 Å². The summed E-state index contributed by atoms with van der Waals surface area (Å²) in [6.07, 6.45) is -1.42. The number of ether oxygens (including phenoxy) is 3. The van der Waals surface area contributed by atoms with Crippen LogP contribution in [0.25, 0.3) is 5.70 Å². The van der Waals surface area contributed by atoms with Crippen LogP contribution in [-0.4, -0.2) is 72.2 Å². The molecule has 10 nitrogen and oxygen atoms in total. The molecule has 1 fully saturated rings. The standard InChI is InChI=1S/C24H33FN3O7/c1-23(2,3)33-21(29)27(22(30)34-24(4,5)6)15-17-14-20(28(31)35-17)16-7-8-19(18(25)13-16)26-9-11-32-12-10-26/h7-8,13-14,17H,9-12,15H2,1-6H3/q+1/t17-/m0/s1. The molecule has 1 aromatic carbocycles. The van der Waals surface area contributed by atoms with Gasteiger partial charge < -0.3 is 19.1 Å². The van der Waals surface area contributed by atoms with Crippen molar-refractivity contribution < 1.29 is 38.0 Å². The molecule has 0 saturated carbocycles. The van der Waals surface area contributed by atoms with Crippen LogP contribution in [0.3, 0.4) is 0 Å². The van der Waals surface area contributed by atoms with Crippen LogP contribution < -0.4 is 4.90 Å². The largest absolute Gasteiger partial charge is 0.443 e. The van der Waals surface area contributed by atoms with E-state index in [0.717, 1.165) is 4.90 Å². The Balaban J connectivity index is 1.80. The minimum atomic E-state index is -0.982. The van der Waals surface area contributed by atoms with Crippen LogP contribution in [0.5, 0.6) is 0 Å². The van der Waals surface area contributed by atoms with Crippen molar-refractivity contribution in [3.63, 3.8) is 0 Å². The molecular weight excluding hydrogens is 461 g/mol. The van der Waals surface area contributed by atoms with Gasteiger partial charge in [-0.2, -0.15) is 0 Å². The Labute approximate surface area is 204 Å². The van der Waals surface area contributed by atoms with Crippen molar-refractivity contribution >= 4 is 23.6 Å². The van der Waals surface area contributed by atoms with E-state index >= 15 is 0 Å². The number of carbonyl (C=O) groups is 2. The van der Waals surface area contributed by atoms with E-state index in [0.29, 0.717) is 37.6 Å². The second-order valence-electron chi connectivity index (χ2n) is 10.3. The van der Waals surface area contributed by atoms with Gasteiger partial charge >= 0.3 is 17.9 Å². The molecule has 2 heterocycles. The Hall–Kier alpha value is -3.21. The minimum absolute atomic E-state index is 0.0655. The molecule has 0 unspecified atom stereocenters. The molecule has 0 N–H and O–H groups in total. The van der Waals surface area contributed by atoms with Gasteiger partial charge in [-0.1, -0.05) is 0 Å². The first-order valence-corrected chi connectivity index (χ1v) is 11.5. The summed E-state index contributed by atoms with van der Waals surface area (Å²) in [6.45, 7) is 11.8. The fourth-order valence-electron chi connectivity index (χ4n) is 3.50. The number of benzene rings is 1. The predicted molar refractivity (Wildman–Crippen MR) is 125 cm³/mol. The zero-order valence-corrected chi connectivity index (χ0v) is 21.0. The number of nitrogens with zero attached hydrogens (tertiary/aromatic N) is 3.